The van der Waals surface area contributed by atoms with Crippen molar-refractivity contribution >= 4 is 46.7 Å². The third-order valence-corrected chi connectivity index (χ3v) is 8.21. The molecule has 2 aromatic heterocycles. The highest BCUT2D eigenvalue weighted by molar-refractivity contribution is 6.34. The molecule has 1 aliphatic carbocycles. The Morgan fingerprint density at radius 1 is 1.09 bits per heavy atom. The number of benzene rings is 1. The van der Waals surface area contributed by atoms with Crippen molar-refractivity contribution in [3.8, 4) is 0 Å². The molecule has 6 rings (SSSR count). The molecule has 2 saturated heterocycles. The number of anilines is 3. The summed E-state index contributed by atoms with van der Waals surface area (Å²) in [5.74, 6) is 1.01. The van der Waals surface area contributed by atoms with Crippen LogP contribution in [0.1, 0.15) is 57.5 Å². The fourth-order valence-electron chi connectivity index (χ4n) is 5.36. The second-order valence-corrected chi connectivity index (χ2v) is 11.4. The van der Waals surface area contributed by atoms with Gasteiger partial charge >= 0.3 is 6.09 Å². The lowest BCUT2D eigenvalue weighted by atomic mass is 10.1. The molecule has 0 radical (unpaired) electrons. The van der Waals surface area contributed by atoms with Gasteiger partial charge in [-0.1, -0.05) is 17.7 Å². The minimum Gasteiger partial charge on any atom is -0.448 e. The molecule has 2 aliphatic heterocycles. The number of amides is 3. The van der Waals surface area contributed by atoms with E-state index >= 15 is 0 Å². The Balaban J connectivity index is 1.18. The van der Waals surface area contributed by atoms with Gasteiger partial charge < -0.3 is 34.5 Å². The van der Waals surface area contributed by atoms with Crippen molar-refractivity contribution < 1.29 is 23.5 Å². The van der Waals surface area contributed by atoms with Crippen molar-refractivity contribution in [2.24, 2.45) is 0 Å². The minimum absolute atomic E-state index is 0.185. The molecule has 1 saturated carbocycles. The fourth-order valence-corrected chi connectivity index (χ4v) is 5.60. The normalized spacial score (nSPS) is 16.8. The van der Waals surface area contributed by atoms with E-state index < -0.39 is 5.91 Å². The van der Waals surface area contributed by atoms with E-state index in [1.807, 2.05) is 19.1 Å². The maximum atomic E-state index is 13.3. The molecule has 3 aliphatic rings. The second kappa shape index (κ2) is 12.5. The van der Waals surface area contributed by atoms with E-state index in [4.69, 9.17) is 20.8 Å². The van der Waals surface area contributed by atoms with Crippen LogP contribution >= 0.6 is 11.6 Å². The summed E-state index contributed by atoms with van der Waals surface area (Å²) in [6, 6.07) is 7.31. The zero-order valence-electron chi connectivity index (χ0n) is 24.0. The van der Waals surface area contributed by atoms with E-state index in [1.54, 1.807) is 23.2 Å². The Morgan fingerprint density at radius 2 is 1.88 bits per heavy atom. The predicted molar refractivity (Wildman–Crippen MR) is 161 cm³/mol. The highest BCUT2D eigenvalue weighted by Crippen LogP contribution is 2.39. The molecule has 0 atom stereocenters. The van der Waals surface area contributed by atoms with Crippen LogP contribution in [0.5, 0.6) is 0 Å². The summed E-state index contributed by atoms with van der Waals surface area (Å²) in [5.41, 5.74) is 2.71. The van der Waals surface area contributed by atoms with Crippen molar-refractivity contribution in [3.63, 3.8) is 0 Å². The number of piperazine rings is 1. The largest absolute Gasteiger partial charge is 0.448 e. The van der Waals surface area contributed by atoms with Crippen LogP contribution in [-0.2, 0) is 4.74 Å². The number of rotatable bonds is 10. The molecular weight excluding hydrogens is 574 g/mol. The van der Waals surface area contributed by atoms with Gasteiger partial charge in [-0.05, 0) is 49.9 Å². The van der Waals surface area contributed by atoms with Gasteiger partial charge in [0.1, 0.15) is 18.7 Å². The summed E-state index contributed by atoms with van der Waals surface area (Å²) in [6.07, 6.45) is 5.41. The average molecular weight is 608 g/mol. The summed E-state index contributed by atoms with van der Waals surface area (Å²) in [6.45, 7) is 6.59. The van der Waals surface area contributed by atoms with Gasteiger partial charge in [-0.3, -0.25) is 9.59 Å². The summed E-state index contributed by atoms with van der Waals surface area (Å²) >= 11 is 6.68. The van der Waals surface area contributed by atoms with Gasteiger partial charge in [-0.15, -0.1) is 0 Å². The van der Waals surface area contributed by atoms with E-state index in [2.05, 4.69) is 30.4 Å². The van der Waals surface area contributed by atoms with Crippen molar-refractivity contribution in [3.05, 3.63) is 64.5 Å². The number of oxazole rings is 1. The number of nitrogens with one attached hydrogen (secondary N) is 2. The number of nitrogens with zero attached hydrogens (tertiary/aromatic N) is 5. The summed E-state index contributed by atoms with van der Waals surface area (Å²) in [7, 11) is 0. The zero-order valence-corrected chi connectivity index (χ0v) is 24.7. The number of ether oxygens (including phenoxy) is 1. The molecule has 1 aromatic carbocycles. The van der Waals surface area contributed by atoms with Gasteiger partial charge in [0.2, 0.25) is 0 Å². The molecule has 4 heterocycles. The van der Waals surface area contributed by atoms with E-state index in [0.29, 0.717) is 63.0 Å². The standard InChI is InChI=1S/C30H34ClN7O5/c1-19-4-2-7-32-26(19)37-12-10-36(11-13-37)25-17-22(31)21(27(39)33-8-3-9-38-14-15-42-30(38)41)16-23(25)34-28(40)24-18-43-29(35-24)20-5-6-20/h2,4,7,16-18,20H,3,5-6,8-15H2,1H3,(H,33,39)(H,34,40). The van der Waals surface area contributed by atoms with E-state index in [1.165, 1.54) is 6.26 Å². The maximum Gasteiger partial charge on any atom is 0.409 e. The molecule has 43 heavy (non-hydrogen) atoms. The van der Waals surface area contributed by atoms with Gasteiger partial charge in [0.25, 0.3) is 11.8 Å². The van der Waals surface area contributed by atoms with Gasteiger partial charge in [0, 0.05) is 51.4 Å². The molecule has 3 aromatic rings. The highest BCUT2D eigenvalue weighted by Gasteiger charge is 2.30. The SMILES string of the molecule is Cc1cccnc1N1CCN(c2cc(Cl)c(C(=O)NCCCN3CCOC3=O)cc2NC(=O)c2coc(C3CC3)n2)CC1. The molecule has 0 spiro atoms. The van der Waals surface area contributed by atoms with Crippen LogP contribution in [-0.4, -0.2) is 85.2 Å². The first-order valence-electron chi connectivity index (χ1n) is 14.6. The molecule has 3 fully saturated rings. The average Bonchev–Trinajstić information content (AvgIpc) is 3.59. The van der Waals surface area contributed by atoms with Crippen molar-refractivity contribution in [2.45, 2.75) is 32.1 Å². The van der Waals surface area contributed by atoms with Crippen LogP contribution in [0.25, 0.3) is 0 Å². The minimum atomic E-state index is -0.425. The number of aromatic nitrogens is 2. The van der Waals surface area contributed by atoms with Crippen molar-refractivity contribution in [1.82, 2.24) is 20.2 Å². The topological polar surface area (TPSA) is 133 Å². The smallest absolute Gasteiger partial charge is 0.409 e. The highest BCUT2D eigenvalue weighted by atomic mass is 35.5. The number of pyridine rings is 1. The van der Waals surface area contributed by atoms with E-state index in [9.17, 15) is 14.4 Å². The number of hydrogen-bond acceptors (Lipinski definition) is 9. The quantitative estimate of drug-likeness (QED) is 0.327. The van der Waals surface area contributed by atoms with Crippen LogP contribution in [0.3, 0.4) is 0 Å². The first kappa shape index (κ1) is 28.8. The Morgan fingerprint density at radius 3 is 2.60 bits per heavy atom. The van der Waals surface area contributed by atoms with E-state index in [0.717, 1.165) is 37.3 Å². The lowest BCUT2D eigenvalue weighted by Gasteiger charge is -2.38. The van der Waals surface area contributed by atoms with Gasteiger partial charge in [-0.25, -0.2) is 14.8 Å². The fraction of sp³-hybridized carbons (Fsp3) is 0.433. The number of carbonyl (C=O) groups excluding carboxylic acids is 3. The maximum absolute atomic E-state index is 13.3. The molecule has 13 heteroatoms. The zero-order chi connectivity index (χ0) is 29.9. The second-order valence-electron chi connectivity index (χ2n) is 11.0. The first-order chi connectivity index (χ1) is 20.9. The number of halogens is 1. The van der Waals surface area contributed by atoms with Gasteiger partial charge in [0.15, 0.2) is 11.6 Å². The molecule has 226 valence electrons. The van der Waals surface area contributed by atoms with Crippen molar-refractivity contribution in [2.75, 3.05) is 67.5 Å². The molecule has 12 nitrogen and oxygen atoms in total. The Bertz CT molecular complexity index is 1520. The van der Waals surface area contributed by atoms with Crippen LogP contribution in [0, 0.1) is 6.92 Å². The Hall–Kier alpha value is -4.32. The summed E-state index contributed by atoms with van der Waals surface area (Å²) in [5, 5.41) is 6.10. The number of hydrogen-bond donors (Lipinski definition) is 2. The third kappa shape index (κ3) is 6.53. The predicted octanol–water partition coefficient (Wildman–Crippen LogP) is 4.06. The molecule has 0 unspecified atom stereocenters. The lowest BCUT2D eigenvalue weighted by molar-refractivity contribution is 0.0951. The van der Waals surface area contributed by atoms with Crippen LogP contribution in [0.15, 0.2) is 41.1 Å². The van der Waals surface area contributed by atoms with Crippen LogP contribution < -0.4 is 20.4 Å². The lowest BCUT2D eigenvalue weighted by Crippen LogP contribution is -2.47. The van der Waals surface area contributed by atoms with Crippen LogP contribution in [0.4, 0.5) is 22.0 Å². The van der Waals surface area contributed by atoms with Gasteiger partial charge in [-0.2, -0.15) is 0 Å². The number of cyclic esters (lactones) is 1. The van der Waals surface area contributed by atoms with Gasteiger partial charge in [0.05, 0.1) is 28.5 Å². The molecular formula is C30H34ClN7O5. The third-order valence-electron chi connectivity index (χ3n) is 7.90. The Labute approximate surface area is 254 Å². The Kier molecular flexibility index (Phi) is 8.37. The number of carbonyl (C=O) groups is 3. The molecule has 3 amide bonds. The number of aryl methyl sites for hydroxylation is 1. The summed E-state index contributed by atoms with van der Waals surface area (Å²) in [4.78, 5) is 53.0. The first-order valence-corrected chi connectivity index (χ1v) is 15.0. The van der Waals surface area contributed by atoms with Crippen molar-refractivity contribution in [1.29, 1.82) is 0 Å². The molecule has 0 bridgehead atoms. The summed E-state index contributed by atoms with van der Waals surface area (Å²) < 4.78 is 10.5. The monoisotopic (exact) mass is 607 g/mol. The van der Waals surface area contributed by atoms with E-state index in [-0.39, 0.29) is 34.2 Å². The van der Waals surface area contributed by atoms with Crippen LogP contribution in [0.2, 0.25) is 5.02 Å². The molecule has 2 N–H and O–H groups in total.